The van der Waals surface area contributed by atoms with E-state index in [2.05, 4.69) is 10.6 Å². The van der Waals surface area contributed by atoms with Gasteiger partial charge in [0.25, 0.3) is 0 Å². The molecule has 5 heteroatoms. The summed E-state index contributed by atoms with van der Waals surface area (Å²) in [4.78, 5) is 26.1. The molecule has 0 saturated carbocycles. The Balaban J connectivity index is 1.80. The van der Waals surface area contributed by atoms with Gasteiger partial charge in [0.1, 0.15) is 0 Å². The quantitative estimate of drug-likeness (QED) is 0.815. The number of hydrogen-bond donors (Lipinski definition) is 2. The van der Waals surface area contributed by atoms with Crippen LogP contribution in [0.3, 0.4) is 0 Å². The maximum atomic E-state index is 12.3. The van der Waals surface area contributed by atoms with Crippen LogP contribution in [0.2, 0.25) is 0 Å². The van der Waals surface area contributed by atoms with E-state index in [9.17, 15) is 9.59 Å². The molecule has 0 saturated heterocycles. The standard InChI is InChI=1S/C20H25N3O2/c1-15-9-11-18(12-10-15)22-19(24)14-23(3)16(2)20(25)21-13-17-7-5-4-6-8-17/h4-12,16H,13-14H2,1-3H3,(H,21,25)(H,22,24)/t16-/m1/s1. The van der Waals surface area contributed by atoms with Gasteiger partial charge in [0, 0.05) is 12.2 Å². The van der Waals surface area contributed by atoms with Crippen molar-refractivity contribution in [2.24, 2.45) is 0 Å². The molecule has 0 radical (unpaired) electrons. The minimum Gasteiger partial charge on any atom is -0.351 e. The smallest absolute Gasteiger partial charge is 0.238 e. The van der Waals surface area contributed by atoms with Crippen molar-refractivity contribution in [3.63, 3.8) is 0 Å². The van der Waals surface area contributed by atoms with Crippen LogP contribution in [0.5, 0.6) is 0 Å². The van der Waals surface area contributed by atoms with E-state index in [0.29, 0.717) is 6.54 Å². The Kier molecular flexibility index (Phi) is 6.71. The summed E-state index contributed by atoms with van der Waals surface area (Å²) < 4.78 is 0. The van der Waals surface area contributed by atoms with Crippen molar-refractivity contribution >= 4 is 17.5 Å². The zero-order valence-electron chi connectivity index (χ0n) is 15.0. The summed E-state index contributed by atoms with van der Waals surface area (Å²) in [7, 11) is 1.77. The first-order chi connectivity index (χ1) is 12.0. The van der Waals surface area contributed by atoms with Gasteiger partial charge in [-0.1, -0.05) is 48.0 Å². The van der Waals surface area contributed by atoms with Gasteiger partial charge in [-0.2, -0.15) is 0 Å². The predicted molar refractivity (Wildman–Crippen MR) is 100 cm³/mol. The van der Waals surface area contributed by atoms with Gasteiger partial charge >= 0.3 is 0 Å². The normalized spacial score (nSPS) is 11.8. The molecule has 132 valence electrons. The van der Waals surface area contributed by atoms with Crippen LogP contribution >= 0.6 is 0 Å². The summed E-state index contributed by atoms with van der Waals surface area (Å²) in [6.45, 7) is 4.41. The van der Waals surface area contributed by atoms with Crippen LogP contribution in [0.1, 0.15) is 18.1 Å². The number of likely N-dealkylation sites (N-methyl/N-ethyl adjacent to an activating group) is 1. The molecule has 0 aliphatic rings. The second-order valence-corrected chi connectivity index (χ2v) is 6.21. The summed E-state index contributed by atoms with van der Waals surface area (Å²) in [5.74, 6) is -0.247. The number of aryl methyl sites for hydroxylation is 1. The molecule has 0 aromatic heterocycles. The molecule has 5 nitrogen and oxygen atoms in total. The van der Waals surface area contributed by atoms with Gasteiger partial charge in [-0.25, -0.2) is 0 Å². The molecule has 2 aromatic rings. The summed E-state index contributed by atoms with van der Waals surface area (Å²) in [5.41, 5.74) is 2.94. The largest absolute Gasteiger partial charge is 0.351 e. The number of carbonyl (C=O) groups is 2. The van der Waals surface area contributed by atoms with Crippen molar-refractivity contribution in [1.82, 2.24) is 10.2 Å². The van der Waals surface area contributed by atoms with Crippen LogP contribution < -0.4 is 10.6 Å². The van der Waals surface area contributed by atoms with E-state index in [4.69, 9.17) is 0 Å². The molecule has 2 rings (SSSR count). The highest BCUT2D eigenvalue weighted by Crippen LogP contribution is 2.08. The molecule has 1 atom stereocenters. The van der Waals surface area contributed by atoms with Crippen molar-refractivity contribution in [3.8, 4) is 0 Å². The summed E-state index contributed by atoms with van der Waals surface area (Å²) in [6, 6.07) is 17.0. The lowest BCUT2D eigenvalue weighted by atomic mass is 10.2. The van der Waals surface area contributed by atoms with E-state index >= 15 is 0 Å². The number of amides is 2. The van der Waals surface area contributed by atoms with E-state index < -0.39 is 6.04 Å². The van der Waals surface area contributed by atoms with E-state index in [-0.39, 0.29) is 18.4 Å². The third kappa shape index (κ3) is 6.04. The Morgan fingerprint density at radius 1 is 1.04 bits per heavy atom. The second-order valence-electron chi connectivity index (χ2n) is 6.21. The summed E-state index contributed by atoms with van der Waals surface area (Å²) in [5, 5.41) is 5.74. The maximum Gasteiger partial charge on any atom is 0.238 e. The fourth-order valence-corrected chi connectivity index (χ4v) is 2.33. The van der Waals surface area contributed by atoms with E-state index in [1.165, 1.54) is 0 Å². The van der Waals surface area contributed by atoms with Gasteiger partial charge in [0.15, 0.2) is 0 Å². The molecule has 0 bridgehead atoms. The van der Waals surface area contributed by atoms with Crippen LogP contribution in [0.15, 0.2) is 54.6 Å². The van der Waals surface area contributed by atoms with Crippen LogP contribution in [-0.2, 0) is 16.1 Å². The van der Waals surface area contributed by atoms with Gasteiger partial charge in [-0.15, -0.1) is 0 Å². The molecule has 2 N–H and O–H groups in total. The van der Waals surface area contributed by atoms with E-state index in [1.54, 1.807) is 18.9 Å². The third-order valence-electron chi connectivity index (χ3n) is 4.08. The number of nitrogens with zero attached hydrogens (tertiary/aromatic N) is 1. The average molecular weight is 339 g/mol. The molecule has 2 amide bonds. The average Bonchev–Trinajstić information content (AvgIpc) is 2.61. The minimum atomic E-state index is -0.396. The van der Waals surface area contributed by atoms with Crippen molar-refractivity contribution in [2.75, 3.05) is 18.9 Å². The zero-order valence-corrected chi connectivity index (χ0v) is 15.0. The number of nitrogens with one attached hydrogen (secondary N) is 2. The Morgan fingerprint density at radius 2 is 1.68 bits per heavy atom. The molecule has 0 spiro atoms. The predicted octanol–water partition coefficient (Wildman–Crippen LogP) is 2.57. The third-order valence-corrected chi connectivity index (χ3v) is 4.08. The first-order valence-corrected chi connectivity index (χ1v) is 8.34. The Labute approximate surface area is 149 Å². The lowest BCUT2D eigenvalue weighted by Gasteiger charge is -2.23. The Bertz CT molecular complexity index is 699. The van der Waals surface area contributed by atoms with Crippen molar-refractivity contribution in [1.29, 1.82) is 0 Å². The maximum absolute atomic E-state index is 12.3. The van der Waals surface area contributed by atoms with Crippen LogP contribution in [0, 0.1) is 6.92 Å². The molecule has 0 aliphatic carbocycles. The van der Waals surface area contributed by atoms with Gasteiger partial charge in [0.2, 0.25) is 11.8 Å². The molecule has 25 heavy (non-hydrogen) atoms. The highest BCUT2D eigenvalue weighted by molar-refractivity contribution is 5.92. The number of hydrogen-bond acceptors (Lipinski definition) is 3. The molecule has 0 unspecified atom stereocenters. The Morgan fingerprint density at radius 3 is 2.32 bits per heavy atom. The topological polar surface area (TPSA) is 61.4 Å². The summed E-state index contributed by atoms with van der Waals surface area (Å²) in [6.07, 6.45) is 0. The van der Waals surface area contributed by atoms with Crippen molar-refractivity contribution in [2.45, 2.75) is 26.4 Å². The van der Waals surface area contributed by atoms with Gasteiger partial charge in [-0.05, 0) is 38.6 Å². The fourth-order valence-electron chi connectivity index (χ4n) is 2.33. The summed E-state index contributed by atoms with van der Waals surface area (Å²) >= 11 is 0. The number of benzene rings is 2. The second kappa shape index (κ2) is 8.99. The van der Waals surface area contributed by atoms with Crippen LogP contribution in [0.4, 0.5) is 5.69 Å². The van der Waals surface area contributed by atoms with Crippen molar-refractivity contribution < 1.29 is 9.59 Å². The van der Waals surface area contributed by atoms with Crippen LogP contribution in [0.25, 0.3) is 0 Å². The van der Waals surface area contributed by atoms with E-state index in [0.717, 1.165) is 16.8 Å². The van der Waals surface area contributed by atoms with Crippen molar-refractivity contribution in [3.05, 3.63) is 65.7 Å². The van der Waals surface area contributed by atoms with Gasteiger partial charge in [0.05, 0.1) is 12.6 Å². The highest BCUT2D eigenvalue weighted by Gasteiger charge is 2.19. The zero-order chi connectivity index (χ0) is 18.2. The first kappa shape index (κ1) is 18.7. The number of rotatable bonds is 7. The number of anilines is 1. The first-order valence-electron chi connectivity index (χ1n) is 8.34. The molecular formula is C20H25N3O2. The van der Waals surface area contributed by atoms with Gasteiger partial charge in [-0.3, -0.25) is 14.5 Å². The SMILES string of the molecule is Cc1ccc(NC(=O)CN(C)[C@H](C)C(=O)NCc2ccccc2)cc1. The lowest BCUT2D eigenvalue weighted by Crippen LogP contribution is -2.45. The monoisotopic (exact) mass is 339 g/mol. The molecule has 2 aromatic carbocycles. The lowest BCUT2D eigenvalue weighted by molar-refractivity contribution is -0.126. The molecular weight excluding hydrogens is 314 g/mol. The van der Waals surface area contributed by atoms with Gasteiger partial charge < -0.3 is 10.6 Å². The highest BCUT2D eigenvalue weighted by atomic mass is 16.2. The Hall–Kier alpha value is -2.66. The fraction of sp³-hybridized carbons (Fsp3) is 0.300. The molecule has 0 aliphatic heterocycles. The van der Waals surface area contributed by atoms with Crippen LogP contribution in [-0.4, -0.2) is 36.3 Å². The number of carbonyl (C=O) groups excluding carboxylic acids is 2. The minimum absolute atomic E-state index is 0.102. The molecule has 0 fully saturated rings. The van der Waals surface area contributed by atoms with E-state index in [1.807, 2.05) is 61.5 Å². The molecule has 0 heterocycles.